The van der Waals surface area contributed by atoms with E-state index in [1.165, 1.54) is 13.3 Å². The van der Waals surface area contributed by atoms with E-state index in [1.54, 1.807) is 13.8 Å². The summed E-state index contributed by atoms with van der Waals surface area (Å²) in [5.41, 5.74) is 1.72. The molecule has 4 atom stereocenters. The van der Waals surface area contributed by atoms with Crippen LogP contribution in [-0.2, 0) is 36.6 Å². The summed E-state index contributed by atoms with van der Waals surface area (Å²) >= 11 is 0. The molecule has 0 heterocycles. The predicted octanol–water partition coefficient (Wildman–Crippen LogP) is 4.99. The Morgan fingerprint density at radius 1 is 0.864 bits per heavy atom. The first-order chi connectivity index (χ1) is 21.0. The number of amides is 3. The van der Waals surface area contributed by atoms with E-state index in [2.05, 4.69) is 16.0 Å². The average Bonchev–Trinajstić information content (AvgIpc) is 3.01. The Balaban J connectivity index is 1.50. The van der Waals surface area contributed by atoms with Crippen LogP contribution in [0.3, 0.4) is 0 Å². The topological polar surface area (TPSA) is 143 Å². The van der Waals surface area contributed by atoms with Gasteiger partial charge in [0.2, 0.25) is 19.2 Å². The lowest BCUT2D eigenvalue weighted by Gasteiger charge is -2.28. The number of hydrogen-bond acceptors (Lipinski definition) is 7. The lowest BCUT2D eigenvalue weighted by atomic mass is 9.91. The number of hydrogen-bond donors (Lipinski definition) is 4. The van der Waals surface area contributed by atoms with E-state index in [4.69, 9.17) is 9.26 Å². The number of benzene rings is 2. The van der Waals surface area contributed by atoms with Gasteiger partial charge in [0.15, 0.2) is 0 Å². The van der Waals surface area contributed by atoms with Crippen molar-refractivity contribution in [3.05, 3.63) is 71.8 Å². The second kappa shape index (κ2) is 17.9. The number of nitrogens with one attached hydrogen (secondary N) is 3. The first-order valence-electron chi connectivity index (χ1n) is 15.5. The number of carbonyl (C=O) groups is 3. The lowest BCUT2D eigenvalue weighted by molar-refractivity contribution is -0.131. The van der Waals surface area contributed by atoms with Crippen molar-refractivity contribution in [1.29, 1.82) is 0 Å². The molecule has 1 aliphatic carbocycles. The molecule has 0 bridgehead atoms. The summed E-state index contributed by atoms with van der Waals surface area (Å²) in [5.74, 6) is -1.03. The van der Waals surface area contributed by atoms with Gasteiger partial charge in [0, 0.05) is 12.7 Å². The number of alkyl carbamates (subject to hydrolysis) is 1. The molecule has 3 amide bonds. The van der Waals surface area contributed by atoms with Gasteiger partial charge in [0.05, 0.1) is 18.9 Å². The van der Waals surface area contributed by atoms with Crippen molar-refractivity contribution < 1.29 is 33.3 Å². The summed E-state index contributed by atoms with van der Waals surface area (Å²) in [6, 6.07) is 16.8. The van der Waals surface area contributed by atoms with Crippen LogP contribution in [0.4, 0.5) is 4.79 Å². The van der Waals surface area contributed by atoms with Gasteiger partial charge in [-0.15, -0.1) is 0 Å². The highest BCUT2D eigenvalue weighted by Gasteiger charge is 2.33. The molecule has 0 saturated heterocycles. The number of rotatable bonds is 16. The van der Waals surface area contributed by atoms with Crippen LogP contribution in [0, 0.1) is 11.8 Å². The van der Waals surface area contributed by atoms with Crippen molar-refractivity contribution in [3.8, 4) is 0 Å². The molecule has 1 unspecified atom stereocenters. The first-order valence-corrected chi connectivity index (χ1v) is 17.5. The van der Waals surface area contributed by atoms with Crippen LogP contribution in [0.15, 0.2) is 60.7 Å². The highest BCUT2D eigenvalue weighted by molar-refractivity contribution is 7.59. The van der Waals surface area contributed by atoms with Gasteiger partial charge in [-0.25, -0.2) is 4.79 Å². The van der Waals surface area contributed by atoms with Crippen LogP contribution in [-0.4, -0.2) is 60.1 Å². The van der Waals surface area contributed by atoms with Crippen molar-refractivity contribution in [2.24, 2.45) is 11.8 Å². The monoisotopic (exact) mass is 629 g/mol. The summed E-state index contributed by atoms with van der Waals surface area (Å²) in [7, 11) is -3.21. The molecule has 1 aliphatic rings. The van der Waals surface area contributed by atoms with E-state index in [-0.39, 0.29) is 31.8 Å². The van der Waals surface area contributed by atoms with E-state index in [0.717, 1.165) is 36.8 Å². The Kier molecular flexibility index (Phi) is 14.4. The van der Waals surface area contributed by atoms with Gasteiger partial charge in [0.25, 0.3) is 0 Å². The molecule has 0 spiro atoms. The van der Waals surface area contributed by atoms with Gasteiger partial charge in [-0.1, -0.05) is 93.8 Å². The minimum Gasteiger partial charge on any atom is -0.445 e. The molecule has 11 heteroatoms. The van der Waals surface area contributed by atoms with Gasteiger partial charge < -0.3 is 30.3 Å². The van der Waals surface area contributed by atoms with Crippen molar-refractivity contribution >= 4 is 25.3 Å². The summed E-state index contributed by atoms with van der Waals surface area (Å²) in [6.45, 7) is 5.17. The van der Waals surface area contributed by atoms with Gasteiger partial charge in [-0.2, -0.15) is 0 Å². The smallest absolute Gasteiger partial charge is 0.408 e. The van der Waals surface area contributed by atoms with Gasteiger partial charge in [-0.3, -0.25) is 14.2 Å². The fourth-order valence-electron chi connectivity index (χ4n) is 5.24. The SMILES string of the molecule is CC(C)[C@H](NC(=O)[C@H](C)NC(=O)OCc1ccccc1)C(=O)NC[C@@H](O)CP(=O)(CC1CCCCC1)OCc1ccccc1. The zero-order valence-corrected chi connectivity index (χ0v) is 27.0. The average molecular weight is 630 g/mol. The maximum Gasteiger partial charge on any atom is 0.408 e. The quantitative estimate of drug-likeness (QED) is 0.192. The van der Waals surface area contributed by atoms with Crippen LogP contribution >= 0.6 is 7.37 Å². The predicted molar refractivity (Wildman–Crippen MR) is 170 cm³/mol. The third-order valence-corrected chi connectivity index (χ3v) is 10.4. The first kappa shape index (κ1) is 35.3. The van der Waals surface area contributed by atoms with Crippen LogP contribution in [0.25, 0.3) is 0 Å². The maximum atomic E-state index is 14.0. The molecule has 0 aromatic heterocycles. The van der Waals surface area contributed by atoms with Gasteiger partial charge >= 0.3 is 6.09 Å². The standard InChI is InChI=1S/C33H48N3O7P/c1-24(2)30(36-31(38)25(3)35-33(40)42-20-26-13-7-4-8-14-26)32(39)34-19-29(37)23-44(41,22-28-17-11-6-12-18-28)43-21-27-15-9-5-10-16-27/h4-5,7-10,13-16,24-25,28-30,37H,6,11-12,17-23H2,1-3H3,(H,34,39)(H,35,40)(H,36,38)/t25-,29+,30-,44?/m0/s1. The van der Waals surface area contributed by atoms with Crippen molar-refractivity contribution in [3.63, 3.8) is 0 Å². The van der Waals surface area contributed by atoms with Gasteiger partial charge in [0.1, 0.15) is 18.7 Å². The fourth-order valence-corrected chi connectivity index (χ4v) is 7.91. The highest BCUT2D eigenvalue weighted by Crippen LogP contribution is 2.51. The number of aliphatic hydroxyl groups excluding tert-OH is 1. The minimum absolute atomic E-state index is 0.0608. The summed E-state index contributed by atoms with van der Waals surface area (Å²) in [4.78, 5) is 38.1. The van der Waals surface area contributed by atoms with E-state index in [9.17, 15) is 24.1 Å². The van der Waals surface area contributed by atoms with Crippen molar-refractivity contribution in [2.45, 2.75) is 84.3 Å². The normalized spacial score (nSPS) is 17.1. The lowest BCUT2D eigenvalue weighted by Crippen LogP contribution is -2.55. The Morgan fingerprint density at radius 2 is 1.45 bits per heavy atom. The number of ether oxygens (including phenoxy) is 1. The summed E-state index contributed by atoms with van der Waals surface area (Å²) in [5, 5.41) is 18.7. The van der Waals surface area contributed by atoms with Gasteiger partial charge in [-0.05, 0) is 42.7 Å². The van der Waals surface area contributed by atoms with Crippen molar-refractivity contribution in [1.82, 2.24) is 16.0 Å². The molecule has 242 valence electrons. The Hall–Kier alpha value is -3.20. The summed E-state index contributed by atoms with van der Waals surface area (Å²) < 4.78 is 25.2. The zero-order valence-electron chi connectivity index (χ0n) is 26.1. The van der Waals surface area contributed by atoms with E-state index < -0.39 is 43.5 Å². The molecule has 1 saturated carbocycles. The second-order valence-corrected chi connectivity index (χ2v) is 14.6. The molecular weight excluding hydrogens is 581 g/mol. The third-order valence-electron chi connectivity index (χ3n) is 7.76. The van der Waals surface area contributed by atoms with E-state index in [1.807, 2.05) is 60.7 Å². The molecule has 44 heavy (non-hydrogen) atoms. The maximum absolute atomic E-state index is 14.0. The van der Waals surface area contributed by atoms with E-state index in [0.29, 0.717) is 12.1 Å². The Labute approximate surface area is 261 Å². The molecule has 4 N–H and O–H groups in total. The molecular formula is C33H48N3O7P. The largest absolute Gasteiger partial charge is 0.445 e. The number of carbonyl (C=O) groups excluding carboxylic acids is 3. The Bertz CT molecular complexity index is 1220. The molecule has 1 fully saturated rings. The molecule has 0 aliphatic heterocycles. The Morgan fingerprint density at radius 3 is 2.05 bits per heavy atom. The van der Waals surface area contributed by atoms with E-state index >= 15 is 0 Å². The highest BCUT2D eigenvalue weighted by atomic mass is 31.2. The molecule has 2 aromatic rings. The molecule has 10 nitrogen and oxygen atoms in total. The second-order valence-electron chi connectivity index (χ2n) is 12.0. The summed E-state index contributed by atoms with van der Waals surface area (Å²) in [6.07, 6.45) is 3.89. The number of aliphatic hydroxyl groups is 1. The molecule has 3 rings (SSSR count). The zero-order chi connectivity index (χ0) is 32.0. The van der Waals surface area contributed by atoms with Crippen LogP contribution < -0.4 is 16.0 Å². The van der Waals surface area contributed by atoms with Crippen LogP contribution in [0.2, 0.25) is 0 Å². The minimum atomic E-state index is -3.21. The van der Waals surface area contributed by atoms with Crippen LogP contribution in [0.5, 0.6) is 0 Å². The van der Waals surface area contributed by atoms with Crippen molar-refractivity contribution in [2.75, 3.05) is 18.9 Å². The molecule has 0 radical (unpaired) electrons. The third kappa shape index (κ3) is 12.4. The fraction of sp³-hybridized carbons (Fsp3) is 0.545. The van der Waals surface area contributed by atoms with Crippen LogP contribution in [0.1, 0.15) is 64.0 Å². The molecule has 2 aromatic carbocycles.